The molecule has 0 spiro atoms. The topological polar surface area (TPSA) is 52.2 Å². The van der Waals surface area contributed by atoms with Crippen molar-refractivity contribution in [1.82, 2.24) is 19.8 Å². The van der Waals surface area contributed by atoms with Gasteiger partial charge in [0, 0.05) is 26.2 Å². The Morgan fingerprint density at radius 1 is 1.00 bits per heavy atom. The average molecular weight is 379 g/mol. The number of hydrogen-bond donors (Lipinski definition) is 1. The van der Waals surface area contributed by atoms with Gasteiger partial charge in [0.15, 0.2) is 0 Å². The van der Waals surface area contributed by atoms with Crippen LogP contribution >= 0.6 is 0 Å². The first-order valence-corrected chi connectivity index (χ1v) is 11.1. The molecule has 5 aliphatic rings. The Hall–Kier alpha value is -1.88. The zero-order chi connectivity index (χ0) is 18.7. The quantitative estimate of drug-likeness (QED) is 0.890. The highest BCUT2D eigenvalue weighted by Gasteiger charge is 2.55. The van der Waals surface area contributed by atoms with E-state index in [0.717, 1.165) is 67.3 Å². The number of rotatable bonds is 3. The van der Waals surface area contributed by atoms with Crippen molar-refractivity contribution in [3.05, 3.63) is 30.1 Å². The van der Waals surface area contributed by atoms with E-state index in [-0.39, 0.29) is 5.41 Å². The van der Waals surface area contributed by atoms with Crippen LogP contribution in [0.3, 0.4) is 0 Å². The van der Waals surface area contributed by atoms with Crippen molar-refractivity contribution in [1.29, 1.82) is 0 Å². The lowest BCUT2D eigenvalue weighted by Crippen LogP contribution is -2.58. The molecule has 28 heavy (non-hydrogen) atoms. The fourth-order valence-electron chi connectivity index (χ4n) is 7.11. The van der Waals surface area contributed by atoms with Crippen LogP contribution in [0.25, 0.3) is 11.0 Å². The van der Waals surface area contributed by atoms with Gasteiger partial charge in [-0.15, -0.1) is 0 Å². The second-order valence-corrected chi connectivity index (χ2v) is 9.97. The smallest absolute Gasteiger partial charge is 0.228 e. The Kier molecular flexibility index (Phi) is 3.84. The first kappa shape index (κ1) is 17.0. The van der Waals surface area contributed by atoms with E-state index < -0.39 is 0 Å². The molecule has 2 heterocycles. The summed E-state index contributed by atoms with van der Waals surface area (Å²) >= 11 is 0. The molecule has 5 fully saturated rings. The van der Waals surface area contributed by atoms with E-state index in [9.17, 15) is 4.79 Å². The predicted octanol–water partition coefficient (Wildman–Crippen LogP) is 3.42. The number of imidazole rings is 1. The van der Waals surface area contributed by atoms with Crippen LogP contribution in [0.15, 0.2) is 24.3 Å². The van der Waals surface area contributed by atoms with Crippen molar-refractivity contribution in [3.63, 3.8) is 0 Å². The summed E-state index contributed by atoms with van der Waals surface area (Å²) in [6.45, 7) is 4.50. The number of carbonyl (C=O) groups excluding carboxylic acids is 1. The zero-order valence-electron chi connectivity index (χ0n) is 16.6. The molecule has 4 aliphatic carbocycles. The summed E-state index contributed by atoms with van der Waals surface area (Å²) in [7, 11) is 0. The lowest BCUT2D eigenvalue weighted by Gasteiger charge is -2.57. The fraction of sp³-hybridized carbons (Fsp3) is 0.652. The van der Waals surface area contributed by atoms with Gasteiger partial charge in [0.05, 0.1) is 23.0 Å². The number of nitrogens with zero attached hydrogens (tertiary/aromatic N) is 3. The second kappa shape index (κ2) is 6.31. The van der Waals surface area contributed by atoms with Crippen molar-refractivity contribution >= 4 is 16.9 Å². The normalized spacial score (nSPS) is 35.0. The fourth-order valence-corrected chi connectivity index (χ4v) is 7.11. The number of aromatic nitrogens is 2. The first-order chi connectivity index (χ1) is 13.7. The Morgan fingerprint density at radius 2 is 1.64 bits per heavy atom. The van der Waals surface area contributed by atoms with E-state index in [1.807, 2.05) is 12.1 Å². The molecule has 1 aromatic heterocycles. The van der Waals surface area contributed by atoms with Gasteiger partial charge in [-0.25, -0.2) is 4.98 Å². The maximum absolute atomic E-state index is 13.5. The molecule has 0 atom stereocenters. The Morgan fingerprint density at radius 3 is 2.29 bits per heavy atom. The molecule has 148 valence electrons. The van der Waals surface area contributed by atoms with E-state index >= 15 is 0 Å². The Labute approximate surface area is 166 Å². The minimum absolute atomic E-state index is 0.00958. The number of hydrogen-bond acceptors (Lipinski definition) is 3. The lowest BCUT2D eigenvalue weighted by molar-refractivity contribution is -0.159. The van der Waals surface area contributed by atoms with Crippen molar-refractivity contribution < 1.29 is 4.79 Å². The minimum Gasteiger partial charge on any atom is -0.341 e. The molecule has 0 radical (unpaired) electrons. The van der Waals surface area contributed by atoms with Crippen LogP contribution in [0.5, 0.6) is 0 Å². The Bertz CT molecular complexity index is 827. The molecule has 5 heteroatoms. The maximum atomic E-state index is 13.5. The summed E-state index contributed by atoms with van der Waals surface area (Å²) in [6, 6.07) is 8.20. The number of amides is 1. The molecule has 4 saturated carbocycles. The standard InChI is InChI=1S/C23H30N4O/c28-22(23-12-16-9-17(13-23)11-18(10-16)14-23)27-7-5-26(6-8-27)15-21-24-19-3-1-2-4-20(19)25-21/h1-4,16-18H,5-15H2,(H,24,25). The average Bonchev–Trinajstić information content (AvgIpc) is 3.09. The molecule has 1 amide bonds. The molecule has 1 saturated heterocycles. The van der Waals surface area contributed by atoms with E-state index in [2.05, 4.69) is 26.9 Å². The van der Waals surface area contributed by atoms with Crippen molar-refractivity contribution in [2.45, 2.75) is 45.1 Å². The van der Waals surface area contributed by atoms with Gasteiger partial charge in [-0.1, -0.05) is 12.1 Å². The molecular weight excluding hydrogens is 348 g/mol. The summed E-state index contributed by atoms with van der Waals surface area (Å²) in [4.78, 5) is 26.3. The summed E-state index contributed by atoms with van der Waals surface area (Å²) in [5.41, 5.74) is 2.15. The minimum atomic E-state index is 0.00958. The third-order valence-corrected chi connectivity index (χ3v) is 7.96. The summed E-state index contributed by atoms with van der Waals surface area (Å²) in [5, 5.41) is 0. The second-order valence-electron chi connectivity index (χ2n) is 9.97. The number of H-pyrrole nitrogens is 1. The van der Waals surface area contributed by atoms with Crippen LogP contribution in [0.2, 0.25) is 0 Å². The van der Waals surface area contributed by atoms with Crippen LogP contribution in [0.1, 0.15) is 44.3 Å². The van der Waals surface area contributed by atoms with Crippen molar-refractivity contribution in [2.75, 3.05) is 26.2 Å². The van der Waals surface area contributed by atoms with Gasteiger partial charge < -0.3 is 9.88 Å². The van der Waals surface area contributed by atoms with Gasteiger partial charge in [0.2, 0.25) is 5.91 Å². The molecule has 4 bridgehead atoms. The van der Waals surface area contributed by atoms with E-state index in [1.54, 1.807) is 0 Å². The van der Waals surface area contributed by atoms with Gasteiger partial charge in [0.1, 0.15) is 5.82 Å². The highest BCUT2D eigenvalue weighted by molar-refractivity contribution is 5.83. The van der Waals surface area contributed by atoms with Crippen LogP contribution in [0, 0.1) is 23.2 Å². The number of piperazine rings is 1. The SMILES string of the molecule is O=C(N1CCN(Cc2nc3ccccc3[nH]2)CC1)C12CC3CC(CC(C3)C1)C2. The third-order valence-electron chi connectivity index (χ3n) is 7.96. The molecule has 2 aromatic rings. The van der Waals surface area contributed by atoms with Gasteiger partial charge >= 0.3 is 0 Å². The van der Waals surface area contributed by atoms with E-state index in [4.69, 9.17) is 4.98 Å². The summed E-state index contributed by atoms with van der Waals surface area (Å²) < 4.78 is 0. The number of nitrogens with one attached hydrogen (secondary N) is 1. The molecule has 0 unspecified atom stereocenters. The largest absolute Gasteiger partial charge is 0.341 e. The summed E-state index contributed by atoms with van der Waals surface area (Å²) in [5.74, 6) is 4.04. The van der Waals surface area contributed by atoms with Gasteiger partial charge in [-0.05, 0) is 68.4 Å². The lowest BCUT2D eigenvalue weighted by atomic mass is 9.49. The maximum Gasteiger partial charge on any atom is 0.228 e. The molecule has 1 N–H and O–H groups in total. The number of aromatic amines is 1. The predicted molar refractivity (Wildman–Crippen MR) is 109 cm³/mol. The Balaban J connectivity index is 1.10. The molecular formula is C23H30N4O. The molecule has 5 nitrogen and oxygen atoms in total. The number of fused-ring (bicyclic) bond motifs is 1. The van der Waals surface area contributed by atoms with Crippen LogP contribution in [-0.4, -0.2) is 51.9 Å². The van der Waals surface area contributed by atoms with Crippen LogP contribution in [-0.2, 0) is 11.3 Å². The van der Waals surface area contributed by atoms with Gasteiger partial charge in [-0.2, -0.15) is 0 Å². The van der Waals surface area contributed by atoms with Crippen LogP contribution in [0.4, 0.5) is 0 Å². The van der Waals surface area contributed by atoms with Crippen molar-refractivity contribution in [2.24, 2.45) is 23.2 Å². The number of para-hydroxylation sites is 2. The number of carbonyl (C=O) groups is 1. The van der Waals surface area contributed by atoms with E-state index in [0.29, 0.717) is 5.91 Å². The first-order valence-electron chi connectivity index (χ1n) is 11.1. The molecule has 7 rings (SSSR count). The molecule has 1 aromatic carbocycles. The van der Waals surface area contributed by atoms with Crippen LogP contribution < -0.4 is 0 Å². The van der Waals surface area contributed by atoms with Crippen molar-refractivity contribution in [3.8, 4) is 0 Å². The van der Waals surface area contributed by atoms with E-state index in [1.165, 1.54) is 38.5 Å². The highest BCUT2D eigenvalue weighted by Crippen LogP contribution is 2.60. The monoisotopic (exact) mass is 378 g/mol. The van der Waals surface area contributed by atoms with Gasteiger partial charge in [0.25, 0.3) is 0 Å². The molecule has 1 aliphatic heterocycles. The number of benzene rings is 1. The highest BCUT2D eigenvalue weighted by atomic mass is 16.2. The zero-order valence-corrected chi connectivity index (χ0v) is 16.6. The third kappa shape index (κ3) is 2.78. The summed E-state index contributed by atoms with van der Waals surface area (Å²) in [6.07, 6.45) is 7.73. The van der Waals surface area contributed by atoms with Gasteiger partial charge in [-0.3, -0.25) is 9.69 Å².